The number of hydrogen-bond donors (Lipinski definition) is 4. The Labute approximate surface area is 54.2 Å². The highest BCUT2D eigenvalue weighted by atomic mass is 32.1. The Bertz CT molecular complexity index is 90.2. The molecule has 0 radical (unpaired) electrons. The molecule has 3 nitrogen and oxygen atoms in total. The van der Waals surface area contributed by atoms with Gasteiger partial charge in [-0.3, -0.25) is 0 Å². The summed E-state index contributed by atoms with van der Waals surface area (Å²) in [5, 5.41) is 14.4. The Morgan fingerprint density at radius 2 is 1.88 bits per heavy atom. The number of aliphatic hydroxyl groups is 1. The van der Waals surface area contributed by atoms with E-state index < -0.39 is 0 Å². The van der Waals surface area contributed by atoms with Crippen LogP contribution in [-0.4, -0.2) is 19.2 Å². The molecule has 0 rings (SSSR count). The van der Waals surface area contributed by atoms with Gasteiger partial charge in [-0.1, -0.05) is 0 Å². The van der Waals surface area contributed by atoms with Crippen molar-refractivity contribution < 1.29 is 5.11 Å². The van der Waals surface area contributed by atoms with Gasteiger partial charge in [0.25, 0.3) is 0 Å². The van der Waals surface area contributed by atoms with Crippen LogP contribution >= 0.6 is 12.6 Å². The molecular weight excluding hydrogens is 124 g/mol. The van der Waals surface area contributed by atoms with Crippen molar-refractivity contribution in [1.29, 1.82) is 0 Å². The lowest BCUT2D eigenvalue weighted by Gasteiger charge is -2.01. The van der Waals surface area contributed by atoms with Gasteiger partial charge in [-0.2, -0.15) is 0 Å². The lowest BCUT2D eigenvalue weighted by atomic mass is 10.8. The predicted octanol–water partition coefficient (Wildman–Crippen LogP) is 0.0396. The summed E-state index contributed by atoms with van der Waals surface area (Å²) < 4.78 is 0. The molecule has 0 aromatic carbocycles. The molecule has 0 aliphatic rings. The highest BCUT2D eigenvalue weighted by Gasteiger charge is 1.91. The lowest BCUT2D eigenvalue weighted by molar-refractivity contribution is 0.370. The molecule has 0 atom stereocenters. The Hall–Kier alpha value is -0.510. The summed E-state index contributed by atoms with van der Waals surface area (Å²) in [5.41, 5.74) is 0. The van der Waals surface area contributed by atoms with Gasteiger partial charge in [0.15, 0.2) is 0 Å². The number of aliphatic hydroxyl groups excluding tert-OH is 1. The van der Waals surface area contributed by atoms with E-state index in [9.17, 15) is 0 Å². The SMILES string of the molecule is CN/C(O)=C(/S)NC. The van der Waals surface area contributed by atoms with Gasteiger partial charge in [0.05, 0.1) is 0 Å². The largest absolute Gasteiger partial charge is 0.493 e. The average molecular weight is 134 g/mol. The molecule has 0 aliphatic carbocycles. The van der Waals surface area contributed by atoms with Crippen molar-refractivity contribution in [2.75, 3.05) is 14.1 Å². The summed E-state index contributed by atoms with van der Waals surface area (Å²) in [6.45, 7) is 0. The van der Waals surface area contributed by atoms with Crippen molar-refractivity contribution in [3.8, 4) is 0 Å². The van der Waals surface area contributed by atoms with E-state index in [0.717, 1.165) is 0 Å². The van der Waals surface area contributed by atoms with E-state index >= 15 is 0 Å². The maximum Gasteiger partial charge on any atom is 0.214 e. The maximum atomic E-state index is 8.76. The molecule has 0 amide bonds. The molecule has 8 heavy (non-hydrogen) atoms. The van der Waals surface area contributed by atoms with E-state index in [1.807, 2.05) is 0 Å². The molecule has 0 saturated carbocycles. The summed E-state index contributed by atoms with van der Waals surface area (Å²) in [6, 6.07) is 0. The van der Waals surface area contributed by atoms with Crippen LogP contribution < -0.4 is 10.6 Å². The van der Waals surface area contributed by atoms with Crippen molar-refractivity contribution in [1.82, 2.24) is 10.6 Å². The molecular formula is C4H10N2OS. The third-order valence-electron chi connectivity index (χ3n) is 0.698. The predicted molar refractivity (Wildman–Crippen MR) is 36.8 cm³/mol. The lowest BCUT2D eigenvalue weighted by Crippen LogP contribution is -2.13. The van der Waals surface area contributed by atoms with Gasteiger partial charge >= 0.3 is 0 Å². The van der Waals surface area contributed by atoms with Crippen LogP contribution in [0.25, 0.3) is 0 Å². The van der Waals surface area contributed by atoms with Gasteiger partial charge in [-0.15, -0.1) is 12.6 Å². The zero-order chi connectivity index (χ0) is 6.57. The molecule has 4 heteroatoms. The first kappa shape index (κ1) is 7.49. The maximum absolute atomic E-state index is 8.76. The van der Waals surface area contributed by atoms with Gasteiger partial charge in [0.1, 0.15) is 5.03 Å². The number of nitrogens with one attached hydrogen (secondary N) is 2. The summed E-state index contributed by atoms with van der Waals surface area (Å²) in [6.07, 6.45) is 0. The van der Waals surface area contributed by atoms with Gasteiger partial charge < -0.3 is 15.7 Å². The minimum absolute atomic E-state index is 0.0517. The van der Waals surface area contributed by atoms with Crippen LogP contribution in [0.4, 0.5) is 0 Å². The van der Waals surface area contributed by atoms with E-state index in [2.05, 4.69) is 23.3 Å². The van der Waals surface area contributed by atoms with Crippen LogP contribution in [0.2, 0.25) is 0 Å². The molecule has 0 aromatic heterocycles. The average Bonchev–Trinajstić information content (AvgIpc) is 1.84. The highest BCUT2D eigenvalue weighted by Crippen LogP contribution is 1.95. The fraction of sp³-hybridized carbons (Fsp3) is 0.500. The van der Waals surface area contributed by atoms with Crippen LogP contribution in [-0.2, 0) is 0 Å². The normalized spacial score (nSPS) is 12.4. The van der Waals surface area contributed by atoms with Crippen molar-refractivity contribution in [3.05, 3.63) is 10.9 Å². The minimum atomic E-state index is 0.0517. The smallest absolute Gasteiger partial charge is 0.214 e. The van der Waals surface area contributed by atoms with E-state index in [1.165, 1.54) is 0 Å². The molecule has 0 saturated heterocycles. The van der Waals surface area contributed by atoms with Gasteiger partial charge in [-0.25, -0.2) is 0 Å². The molecule has 0 fully saturated rings. The van der Waals surface area contributed by atoms with Crippen LogP contribution in [0, 0.1) is 0 Å². The molecule has 48 valence electrons. The first-order chi connectivity index (χ1) is 3.72. The molecule has 0 unspecified atom stereocenters. The van der Waals surface area contributed by atoms with Crippen LogP contribution in [0.3, 0.4) is 0 Å². The zero-order valence-electron chi connectivity index (χ0n) is 4.89. The molecule has 0 aliphatic heterocycles. The van der Waals surface area contributed by atoms with Crippen molar-refractivity contribution in [3.63, 3.8) is 0 Å². The van der Waals surface area contributed by atoms with Gasteiger partial charge in [-0.05, 0) is 0 Å². The monoisotopic (exact) mass is 134 g/mol. The van der Waals surface area contributed by atoms with Crippen LogP contribution in [0.5, 0.6) is 0 Å². The van der Waals surface area contributed by atoms with Crippen LogP contribution in [0.1, 0.15) is 0 Å². The number of thiol groups is 1. The van der Waals surface area contributed by atoms with Crippen LogP contribution in [0.15, 0.2) is 10.9 Å². The quantitative estimate of drug-likeness (QED) is 0.318. The summed E-state index contributed by atoms with van der Waals surface area (Å²) in [5.74, 6) is 0.0517. The van der Waals surface area contributed by atoms with E-state index in [-0.39, 0.29) is 5.88 Å². The fourth-order valence-electron chi connectivity index (χ4n) is 0.237. The zero-order valence-corrected chi connectivity index (χ0v) is 5.79. The second-order valence-corrected chi connectivity index (χ2v) is 1.64. The summed E-state index contributed by atoms with van der Waals surface area (Å²) >= 11 is 3.86. The molecule has 0 spiro atoms. The number of hydrogen-bond acceptors (Lipinski definition) is 4. The third-order valence-corrected chi connectivity index (χ3v) is 1.13. The first-order valence-electron chi connectivity index (χ1n) is 2.20. The molecule has 0 heterocycles. The Morgan fingerprint density at radius 1 is 1.38 bits per heavy atom. The minimum Gasteiger partial charge on any atom is -0.493 e. The van der Waals surface area contributed by atoms with E-state index in [1.54, 1.807) is 14.1 Å². The van der Waals surface area contributed by atoms with Crippen molar-refractivity contribution >= 4 is 12.6 Å². The standard InChI is InChI=1S/C4H10N2OS/c1-5-3(7)4(8)6-2/h5-8H,1-2H3/b4-3-. The first-order valence-corrected chi connectivity index (χ1v) is 2.64. The Morgan fingerprint density at radius 3 is 2.00 bits per heavy atom. The molecule has 0 bridgehead atoms. The second kappa shape index (κ2) is 3.49. The molecule has 3 N–H and O–H groups in total. The van der Waals surface area contributed by atoms with Gasteiger partial charge in [0, 0.05) is 14.1 Å². The summed E-state index contributed by atoms with van der Waals surface area (Å²) in [4.78, 5) is 0. The van der Waals surface area contributed by atoms with Crippen molar-refractivity contribution in [2.24, 2.45) is 0 Å². The second-order valence-electron chi connectivity index (χ2n) is 1.20. The summed E-state index contributed by atoms with van der Waals surface area (Å²) in [7, 11) is 3.29. The Kier molecular flexibility index (Phi) is 3.26. The molecule has 0 aromatic rings. The van der Waals surface area contributed by atoms with Gasteiger partial charge in [0.2, 0.25) is 5.88 Å². The van der Waals surface area contributed by atoms with Crippen molar-refractivity contribution in [2.45, 2.75) is 0 Å². The van der Waals surface area contributed by atoms with E-state index in [0.29, 0.717) is 5.03 Å². The highest BCUT2D eigenvalue weighted by molar-refractivity contribution is 7.84. The Balaban J connectivity index is 3.83. The topological polar surface area (TPSA) is 44.3 Å². The van der Waals surface area contributed by atoms with E-state index in [4.69, 9.17) is 5.11 Å². The fourth-order valence-corrected chi connectivity index (χ4v) is 0.349. The number of rotatable bonds is 2. The third kappa shape index (κ3) is 1.97.